The molecular weight excluding hydrogens is 234 g/mol. The summed E-state index contributed by atoms with van der Waals surface area (Å²) < 4.78 is 0. The highest BCUT2D eigenvalue weighted by Gasteiger charge is 2.13. The lowest BCUT2D eigenvalue weighted by atomic mass is 10.0. The van der Waals surface area contributed by atoms with Gasteiger partial charge in [0.1, 0.15) is 0 Å². The maximum atomic E-state index is 10.9. The van der Waals surface area contributed by atoms with Gasteiger partial charge in [-0.1, -0.05) is 24.3 Å². The Bertz CT molecular complexity index is 525. The molecule has 0 aliphatic rings. The van der Waals surface area contributed by atoms with Crippen LogP contribution in [-0.2, 0) is 4.79 Å². The molecule has 0 amide bonds. The number of hydrogen-bond donors (Lipinski definition) is 1. The molecule has 1 atom stereocenters. The molecule has 1 aromatic carbocycles. The van der Waals surface area contributed by atoms with Crippen LogP contribution in [0.15, 0.2) is 35.7 Å². The van der Waals surface area contributed by atoms with Gasteiger partial charge in [0.15, 0.2) is 0 Å². The molecule has 0 fully saturated rings. The Morgan fingerprint density at radius 1 is 1.29 bits per heavy atom. The molecular formula is C14H14O2S. The molecule has 0 unspecified atom stereocenters. The quantitative estimate of drug-likeness (QED) is 0.894. The Hall–Kier alpha value is -1.61. The third kappa shape index (κ3) is 2.39. The predicted octanol–water partition coefficient (Wildman–Crippen LogP) is 3.91. The number of aliphatic carboxylic acids is 1. The number of carbonyl (C=O) groups is 1. The van der Waals surface area contributed by atoms with E-state index < -0.39 is 11.9 Å². The van der Waals surface area contributed by atoms with Crippen LogP contribution in [0.1, 0.15) is 24.0 Å². The van der Waals surface area contributed by atoms with Gasteiger partial charge in [-0.15, -0.1) is 11.3 Å². The number of aryl methyl sites for hydroxylation is 1. The topological polar surface area (TPSA) is 37.3 Å². The molecule has 2 rings (SSSR count). The van der Waals surface area contributed by atoms with Gasteiger partial charge < -0.3 is 5.11 Å². The first-order valence-corrected chi connectivity index (χ1v) is 6.35. The average molecular weight is 248 g/mol. The first kappa shape index (κ1) is 11.9. The van der Waals surface area contributed by atoms with Crippen molar-refractivity contribution in [2.24, 2.45) is 0 Å². The molecule has 1 N–H and O–H groups in total. The van der Waals surface area contributed by atoms with Gasteiger partial charge in [-0.05, 0) is 42.0 Å². The summed E-state index contributed by atoms with van der Waals surface area (Å²) in [6, 6.07) is 9.87. The van der Waals surface area contributed by atoms with Crippen molar-refractivity contribution < 1.29 is 9.90 Å². The maximum absolute atomic E-state index is 10.9. The van der Waals surface area contributed by atoms with Gasteiger partial charge >= 0.3 is 5.97 Å². The molecule has 2 aromatic rings. The van der Waals surface area contributed by atoms with Gasteiger partial charge in [0.2, 0.25) is 0 Å². The molecule has 1 aromatic heterocycles. The second-order valence-electron chi connectivity index (χ2n) is 4.11. The largest absolute Gasteiger partial charge is 0.481 e. The molecule has 17 heavy (non-hydrogen) atoms. The van der Waals surface area contributed by atoms with E-state index in [1.165, 1.54) is 10.4 Å². The highest BCUT2D eigenvalue weighted by atomic mass is 32.1. The van der Waals surface area contributed by atoms with E-state index in [1.54, 1.807) is 18.3 Å². The molecule has 0 saturated carbocycles. The summed E-state index contributed by atoms with van der Waals surface area (Å²) >= 11 is 1.71. The molecule has 0 spiro atoms. The zero-order chi connectivity index (χ0) is 12.4. The Morgan fingerprint density at radius 3 is 2.41 bits per heavy atom. The van der Waals surface area contributed by atoms with Crippen LogP contribution in [0.4, 0.5) is 0 Å². The van der Waals surface area contributed by atoms with Gasteiger partial charge in [0, 0.05) is 4.88 Å². The van der Waals surface area contributed by atoms with E-state index >= 15 is 0 Å². The van der Waals surface area contributed by atoms with Gasteiger partial charge in [-0.2, -0.15) is 0 Å². The van der Waals surface area contributed by atoms with Crippen molar-refractivity contribution in [2.75, 3.05) is 0 Å². The first-order chi connectivity index (χ1) is 8.09. The Morgan fingerprint density at radius 2 is 1.94 bits per heavy atom. The Balaban J connectivity index is 2.31. The van der Waals surface area contributed by atoms with Crippen LogP contribution < -0.4 is 0 Å². The lowest BCUT2D eigenvalue weighted by Crippen LogP contribution is -2.06. The van der Waals surface area contributed by atoms with E-state index in [9.17, 15) is 4.79 Å². The lowest BCUT2D eigenvalue weighted by molar-refractivity contribution is -0.138. The molecule has 2 nitrogen and oxygen atoms in total. The number of carboxylic acid groups (broad SMARTS) is 1. The fraction of sp³-hybridized carbons (Fsp3) is 0.214. The molecule has 0 aliphatic carbocycles. The minimum Gasteiger partial charge on any atom is -0.481 e. The highest BCUT2D eigenvalue weighted by Crippen LogP contribution is 2.30. The van der Waals surface area contributed by atoms with Crippen LogP contribution in [0.5, 0.6) is 0 Å². The minimum atomic E-state index is -0.787. The number of thiophene rings is 1. The molecule has 1 heterocycles. The summed E-state index contributed by atoms with van der Waals surface area (Å²) in [5, 5.41) is 11.0. The number of benzene rings is 1. The van der Waals surface area contributed by atoms with Crippen LogP contribution >= 0.6 is 11.3 Å². The Kier molecular flexibility index (Phi) is 3.29. The van der Waals surface area contributed by atoms with Crippen molar-refractivity contribution in [3.05, 3.63) is 46.8 Å². The van der Waals surface area contributed by atoms with E-state index in [2.05, 4.69) is 18.4 Å². The molecule has 0 radical (unpaired) electrons. The van der Waals surface area contributed by atoms with Crippen LogP contribution in [0.2, 0.25) is 0 Å². The highest BCUT2D eigenvalue weighted by molar-refractivity contribution is 7.13. The van der Waals surface area contributed by atoms with Crippen molar-refractivity contribution in [1.29, 1.82) is 0 Å². The van der Waals surface area contributed by atoms with Crippen molar-refractivity contribution in [1.82, 2.24) is 0 Å². The third-order valence-corrected chi connectivity index (χ3v) is 3.97. The second kappa shape index (κ2) is 4.72. The summed E-state index contributed by atoms with van der Waals surface area (Å²) in [6.45, 7) is 3.79. The van der Waals surface area contributed by atoms with Crippen LogP contribution in [0, 0.1) is 6.92 Å². The lowest BCUT2D eigenvalue weighted by Gasteiger charge is -2.07. The Labute approximate surface area is 105 Å². The molecule has 88 valence electrons. The van der Waals surface area contributed by atoms with Gasteiger partial charge in [0.25, 0.3) is 0 Å². The summed E-state index contributed by atoms with van der Waals surface area (Å²) in [5.41, 5.74) is 3.25. The molecule has 0 saturated heterocycles. The summed E-state index contributed by atoms with van der Waals surface area (Å²) in [5.74, 6) is -1.24. The van der Waals surface area contributed by atoms with E-state index in [0.29, 0.717) is 0 Å². The first-order valence-electron chi connectivity index (χ1n) is 5.47. The van der Waals surface area contributed by atoms with Gasteiger partial charge in [-0.3, -0.25) is 4.79 Å². The zero-order valence-corrected chi connectivity index (χ0v) is 10.6. The van der Waals surface area contributed by atoms with E-state index in [1.807, 2.05) is 24.3 Å². The van der Waals surface area contributed by atoms with Gasteiger partial charge in [0.05, 0.1) is 5.92 Å². The molecule has 3 heteroatoms. The second-order valence-corrected chi connectivity index (χ2v) is 5.03. The summed E-state index contributed by atoms with van der Waals surface area (Å²) in [4.78, 5) is 12.1. The summed E-state index contributed by atoms with van der Waals surface area (Å²) in [7, 11) is 0. The minimum absolute atomic E-state index is 0.450. The monoisotopic (exact) mass is 248 g/mol. The average Bonchev–Trinajstić information content (AvgIpc) is 2.74. The van der Waals surface area contributed by atoms with E-state index in [-0.39, 0.29) is 0 Å². The number of rotatable bonds is 3. The van der Waals surface area contributed by atoms with E-state index in [4.69, 9.17) is 5.11 Å². The zero-order valence-electron chi connectivity index (χ0n) is 9.81. The van der Waals surface area contributed by atoms with Crippen LogP contribution in [-0.4, -0.2) is 11.1 Å². The van der Waals surface area contributed by atoms with Gasteiger partial charge in [-0.25, -0.2) is 0 Å². The third-order valence-electron chi connectivity index (χ3n) is 2.91. The SMILES string of the molecule is Cc1ccsc1-c1ccc([C@H]([14CH3])C(=O)O)cc1. The number of hydrogen-bond acceptors (Lipinski definition) is 2. The van der Waals surface area contributed by atoms with Crippen molar-refractivity contribution in [3.63, 3.8) is 0 Å². The normalized spacial score (nSPS) is 12.4. The van der Waals surface area contributed by atoms with Crippen molar-refractivity contribution >= 4 is 17.3 Å². The smallest absolute Gasteiger partial charge is 0.310 e. The van der Waals surface area contributed by atoms with Crippen molar-refractivity contribution in [3.8, 4) is 10.4 Å². The van der Waals surface area contributed by atoms with Crippen molar-refractivity contribution in [2.45, 2.75) is 19.8 Å². The standard InChI is InChI=1S/C14H14O2S/c1-9-7-8-17-13(9)12-5-3-11(4-6-12)10(2)14(15)16/h3-8,10H,1-2H3,(H,15,16)/t10-/m0/s1/i2+2. The molecule has 0 bridgehead atoms. The fourth-order valence-electron chi connectivity index (χ4n) is 1.73. The summed E-state index contributed by atoms with van der Waals surface area (Å²) in [6.07, 6.45) is 0. The maximum Gasteiger partial charge on any atom is 0.310 e. The molecule has 0 aliphatic heterocycles. The van der Waals surface area contributed by atoms with Crippen LogP contribution in [0.25, 0.3) is 10.4 Å². The predicted molar refractivity (Wildman–Crippen MR) is 70.5 cm³/mol. The van der Waals surface area contributed by atoms with E-state index in [0.717, 1.165) is 11.1 Å². The fourth-order valence-corrected chi connectivity index (χ4v) is 2.67. The van der Waals surface area contributed by atoms with Crippen LogP contribution in [0.3, 0.4) is 0 Å². The number of carboxylic acids is 1.